The zero-order valence-electron chi connectivity index (χ0n) is 5.59. The van der Waals surface area contributed by atoms with Crippen LogP contribution < -0.4 is 16.6 Å². The third kappa shape index (κ3) is 2.42. The highest BCUT2D eigenvalue weighted by Gasteiger charge is 2.15. The molecule has 0 amide bonds. The molecule has 1 unspecified atom stereocenters. The van der Waals surface area contributed by atoms with Crippen LogP contribution in [0.1, 0.15) is 12.8 Å². The molecule has 0 aliphatic carbocycles. The van der Waals surface area contributed by atoms with E-state index in [1.807, 2.05) is 0 Å². The molecule has 0 aromatic carbocycles. The maximum atomic E-state index is 5.11. The third-order valence-electron chi connectivity index (χ3n) is 1.38. The van der Waals surface area contributed by atoms with E-state index in [-0.39, 0.29) is 0 Å². The molecule has 0 saturated carbocycles. The molecule has 0 bridgehead atoms. The average Bonchev–Trinajstić information content (AvgIpc) is 2.40. The van der Waals surface area contributed by atoms with Crippen molar-refractivity contribution in [2.75, 3.05) is 6.54 Å². The Labute approximate surface area is 70.1 Å². The summed E-state index contributed by atoms with van der Waals surface area (Å²) in [5.41, 5.74) is 2.45. The molecule has 58 valence electrons. The molecule has 4 N–H and O–H groups in total. The molecule has 0 aromatic rings. The summed E-state index contributed by atoms with van der Waals surface area (Å²) in [5.74, 6) is 5.11. The number of hydrazine groups is 1. The Morgan fingerprint density at radius 2 is 2.60 bits per heavy atom. The number of thiocarbonyl (C=S) groups is 1. The van der Waals surface area contributed by atoms with Crippen LogP contribution in [0.4, 0.5) is 0 Å². The van der Waals surface area contributed by atoms with Gasteiger partial charge >= 0.3 is 0 Å². The fraction of sp³-hybridized carbons (Fsp3) is 0.800. The van der Waals surface area contributed by atoms with Crippen molar-refractivity contribution >= 4 is 28.3 Å². The van der Waals surface area contributed by atoms with Crippen molar-refractivity contribution in [3.63, 3.8) is 0 Å². The van der Waals surface area contributed by atoms with Crippen LogP contribution in [0.25, 0.3) is 0 Å². The Kier molecular flexibility index (Phi) is 3.41. The van der Waals surface area contributed by atoms with Crippen LogP contribution in [0.3, 0.4) is 0 Å². The van der Waals surface area contributed by atoms with Crippen molar-refractivity contribution in [3.8, 4) is 0 Å². The molecule has 3 nitrogen and oxygen atoms in total. The van der Waals surface area contributed by atoms with E-state index in [1.165, 1.54) is 12.8 Å². The molecule has 1 rings (SSSR count). The fourth-order valence-corrected chi connectivity index (χ4v) is 2.08. The molecular formula is C5H11N3S2. The lowest BCUT2D eigenvalue weighted by atomic mass is 10.4. The van der Waals surface area contributed by atoms with Crippen LogP contribution in [0.2, 0.25) is 0 Å². The Hall–Kier alpha value is 0.160. The SMILES string of the molecule is NNC(=S)SC1CCCN1. The Morgan fingerprint density at radius 3 is 3.10 bits per heavy atom. The summed E-state index contributed by atoms with van der Waals surface area (Å²) in [6.45, 7) is 1.10. The van der Waals surface area contributed by atoms with E-state index in [1.54, 1.807) is 11.8 Å². The van der Waals surface area contributed by atoms with Crippen LogP contribution in [0.15, 0.2) is 0 Å². The largest absolute Gasteiger partial charge is 0.309 e. The van der Waals surface area contributed by atoms with Gasteiger partial charge in [0, 0.05) is 0 Å². The standard InChI is InChI=1S/C5H11N3S2/c6-8-5(9)10-4-2-1-3-7-4/h4,7H,1-3,6H2,(H,8,9). The van der Waals surface area contributed by atoms with Crippen molar-refractivity contribution in [1.82, 2.24) is 10.7 Å². The summed E-state index contributed by atoms with van der Waals surface area (Å²) in [5, 5.41) is 3.78. The summed E-state index contributed by atoms with van der Waals surface area (Å²) in [6, 6.07) is 0. The molecule has 1 fully saturated rings. The summed E-state index contributed by atoms with van der Waals surface area (Å²) in [4.78, 5) is 0. The van der Waals surface area contributed by atoms with E-state index < -0.39 is 0 Å². The Morgan fingerprint density at radius 1 is 1.80 bits per heavy atom. The number of hydrogen-bond donors (Lipinski definition) is 3. The first-order valence-corrected chi connectivity index (χ1v) is 4.52. The van der Waals surface area contributed by atoms with E-state index >= 15 is 0 Å². The van der Waals surface area contributed by atoms with Gasteiger partial charge in [0.05, 0.1) is 5.37 Å². The van der Waals surface area contributed by atoms with Crippen LogP contribution in [0, 0.1) is 0 Å². The summed E-state index contributed by atoms with van der Waals surface area (Å²) in [6.07, 6.45) is 2.43. The second-order valence-electron chi connectivity index (χ2n) is 2.13. The predicted octanol–water partition coefficient (Wildman–Crippen LogP) is 0.177. The van der Waals surface area contributed by atoms with Gasteiger partial charge in [-0.2, -0.15) is 0 Å². The number of nitrogens with two attached hydrogens (primary N) is 1. The molecule has 1 heterocycles. The van der Waals surface area contributed by atoms with Crippen molar-refractivity contribution in [2.24, 2.45) is 5.84 Å². The van der Waals surface area contributed by atoms with Gasteiger partial charge in [-0.3, -0.25) is 0 Å². The van der Waals surface area contributed by atoms with Gasteiger partial charge in [0.25, 0.3) is 0 Å². The Balaban J connectivity index is 2.17. The minimum absolute atomic E-state index is 0.476. The molecule has 0 spiro atoms. The van der Waals surface area contributed by atoms with Crippen LogP contribution in [-0.2, 0) is 0 Å². The lowest BCUT2D eigenvalue weighted by Gasteiger charge is -2.08. The predicted molar refractivity (Wildman–Crippen MR) is 48.5 cm³/mol. The average molecular weight is 177 g/mol. The van der Waals surface area contributed by atoms with Crippen LogP contribution >= 0.6 is 24.0 Å². The van der Waals surface area contributed by atoms with Crippen LogP contribution in [-0.4, -0.2) is 16.2 Å². The van der Waals surface area contributed by atoms with Gasteiger partial charge in [0.15, 0.2) is 0 Å². The number of nitrogens with one attached hydrogen (secondary N) is 2. The second kappa shape index (κ2) is 4.12. The van der Waals surface area contributed by atoms with Gasteiger partial charge in [-0.25, -0.2) is 5.84 Å². The van der Waals surface area contributed by atoms with Gasteiger partial charge in [-0.1, -0.05) is 24.0 Å². The normalized spacial score (nSPS) is 24.7. The minimum Gasteiger partial charge on any atom is -0.309 e. The molecule has 10 heavy (non-hydrogen) atoms. The molecule has 1 atom stereocenters. The Bertz CT molecular complexity index is 122. The summed E-state index contributed by atoms with van der Waals surface area (Å²) >= 11 is 6.47. The van der Waals surface area contributed by atoms with E-state index in [9.17, 15) is 0 Å². The van der Waals surface area contributed by atoms with E-state index in [4.69, 9.17) is 18.1 Å². The third-order valence-corrected chi connectivity index (χ3v) is 2.81. The minimum atomic E-state index is 0.476. The van der Waals surface area contributed by atoms with Crippen molar-refractivity contribution in [3.05, 3.63) is 0 Å². The first-order chi connectivity index (χ1) is 4.83. The summed E-state index contributed by atoms with van der Waals surface area (Å²) < 4.78 is 0.666. The van der Waals surface area contributed by atoms with Crippen molar-refractivity contribution in [2.45, 2.75) is 18.2 Å². The van der Waals surface area contributed by atoms with Gasteiger partial charge in [0.2, 0.25) is 0 Å². The monoisotopic (exact) mass is 177 g/mol. The van der Waals surface area contributed by atoms with Crippen molar-refractivity contribution in [1.29, 1.82) is 0 Å². The lowest BCUT2D eigenvalue weighted by Crippen LogP contribution is -2.30. The van der Waals surface area contributed by atoms with E-state index in [0.29, 0.717) is 9.69 Å². The van der Waals surface area contributed by atoms with Crippen molar-refractivity contribution < 1.29 is 0 Å². The van der Waals surface area contributed by atoms with Gasteiger partial charge in [-0.15, -0.1) is 0 Å². The molecule has 0 aromatic heterocycles. The number of rotatable bonds is 1. The second-order valence-corrected chi connectivity index (χ2v) is 4.01. The molecular weight excluding hydrogens is 166 g/mol. The molecule has 1 aliphatic rings. The first kappa shape index (κ1) is 8.26. The van der Waals surface area contributed by atoms with Gasteiger partial charge < -0.3 is 10.7 Å². The van der Waals surface area contributed by atoms with Gasteiger partial charge in [-0.05, 0) is 19.4 Å². The molecule has 1 saturated heterocycles. The molecule has 0 radical (unpaired) electrons. The highest BCUT2D eigenvalue weighted by Crippen LogP contribution is 2.18. The number of thioether (sulfide) groups is 1. The zero-order valence-corrected chi connectivity index (χ0v) is 7.23. The maximum absolute atomic E-state index is 5.11. The summed E-state index contributed by atoms with van der Waals surface area (Å²) in [7, 11) is 0. The van der Waals surface area contributed by atoms with Crippen LogP contribution in [0.5, 0.6) is 0 Å². The quantitative estimate of drug-likeness (QED) is 0.303. The highest BCUT2D eigenvalue weighted by atomic mass is 32.2. The topological polar surface area (TPSA) is 50.1 Å². The zero-order chi connectivity index (χ0) is 7.40. The maximum Gasteiger partial charge on any atom is 0.149 e. The van der Waals surface area contributed by atoms with E-state index in [0.717, 1.165) is 6.54 Å². The lowest BCUT2D eigenvalue weighted by molar-refractivity contribution is 0.809. The van der Waals surface area contributed by atoms with Gasteiger partial charge in [0.1, 0.15) is 4.32 Å². The molecule has 5 heteroatoms. The molecule has 1 aliphatic heterocycles. The first-order valence-electron chi connectivity index (χ1n) is 3.23. The highest BCUT2D eigenvalue weighted by molar-refractivity contribution is 8.23. The smallest absolute Gasteiger partial charge is 0.149 e. The fourth-order valence-electron chi connectivity index (χ4n) is 0.916. The van der Waals surface area contributed by atoms with E-state index in [2.05, 4.69) is 10.7 Å². The number of hydrogen-bond acceptors (Lipinski definition) is 4.